The molecule has 4 nitrogen and oxygen atoms in total. The number of nitriles is 1. The van der Waals surface area contributed by atoms with E-state index in [2.05, 4.69) is 10.3 Å². The molecule has 4 heteroatoms. The molecular weight excluding hydrogens is 238 g/mol. The van der Waals surface area contributed by atoms with Crippen LogP contribution in [-0.4, -0.2) is 17.4 Å². The Balaban J connectivity index is 1.51. The van der Waals surface area contributed by atoms with Crippen LogP contribution in [0.4, 0.5) is 0 Å². The Morgan fingerprint density at radius 2 is 2.32 bits per heavy atom. The van der Waals surface area contributed by atoms with Gasteiger partial charge in [-0.2, -0.15) is 5.26 Å². The van der Waals surface area contributed by atoms with Gasteiger partial charge < -0.3 is 10.3 Å². The van der Waals surface area contributed by atoms with Crippen LogP contribution >= 0.6 is 0 Å². The average Bonchev–Trinajstić information content (AvgIpc) is 3.00. The lowest BCUT2D eigenvalue weighted by molar-refractivity contribution is 0.0934. The molecule has 0 bridgehead atoms. The van der Waals surface area contributed by atoms with Crippen molar-refractivity contribution < 1.29 is 4.79 Å². The lowest BCUT2D eigenvalue weighted by atomic mass is 9.79. The van der Waals surface area contributed by atoms with Gasteiger partial charge in [0.25, 0.3) is 5.91 Å². The number of nitrogens with zero attached hydrogens (tertiary/aromatic N) is 1. The zero-order valence-electron chi connectivity index (χ0n) is 11.0. The Bertz CT molecular complexity index is 522. The molecule has 1 aromatic rings. The average molecular weight is 257 g/mol. The molecule has 1 amide bonds. The first kappa shape index (κ1) is 12.3. The van der Waals surface area contributed by atoms with Crippen LogP contribution in [0.3, 0.4) is 0 Å². The van der Waals surface area contributed by atoms with Gasteiger partial charge in [-0.15, -0.1) is 0 Å². The molecule has 1 aromatic heterocycles. The molecule has 1 atom stereocenters. The summed E-state index contributed by atoms with van der Waals surface area (Å²) in [6.07, 6.45) is 7.98. The molecule has 1 heterocycles. The molecule has 0 saturated heterocycles. The van der Waals surface area contributed by atoms with E-state index in [9.17, 15) is 4.79 Å². The summed E-state index contributed by atoms with van der Waals surface area (Å²) in [7, 11) is 0. The molecule has 0 aromatic carbocycles. The summed E-state index contributed by atoms with van der Waals surface area (Å²) in [6, 6.07) is 5.29. The second-order valence-electron chi connectivity index (χ2n) is 6.07. The first-order valence-corrected chi connectivity index (χ1v) is 7.08. The first-order chi connectivity index (χ1) is 9.21. The fourth-order valence-electron chi connectivity index (χ4n) is 3.31. The normalized spacial score (nSPS) is 23.8. The number of H-pyrrole nitrogens is 1. The zero-order chi connectivity index (χ0) is 13.3. The van der Waals surface area contributed by atoms with Crippen LogP contribution in [0.15, 0.2) is 12.1 Å². The number of carbonyl (C=O) groups excluding carboxylic acids is 1. The van der Waals surface area contributed by atoms with Gasteiger partial charge in [0.2, 0.25) is 0 Å². The molecule has 19 heavy (non-hydrogen) atoms. The highest BCUT2D eigenvalue weighted by atomic mass is 16.1. The van der Waals surface area contributed by atoms with E-state index in [1.54, 1.807) is 12.1 Å². The van der Waals surface area contributed by atoms with Crippen LogP contribution < -0.4 is 5.32 Å². The van der Waals surface area contributed by atoms with Crippen LogP contribution in [-0.2, 0) is 0 Å². The maximum Gasteiger partial charge on any atom is 0.267 e. The summed E-state index contributed by atoms with van der Waals surface area (Å²) in [5.41, 5.74) is 1.56. The van der Waals surface area contributed by atoms with Crippen LogP contribution in [0.1, 0.15) is 54.7 Å². The van der Waals surface area contributed by atoms with Gasteiger partial charge in [0.15, 0.2) is 0 Å². The quantitative estimate of drug-likeness (QED) is 0.873. The minimum atomic E-state index is -0.100. The van der Waals surface area contributed by atoms with Crippen LogP contribution in [0.25, 0.3) is 0 Å². The van der Waals surface area contributed by atoms with Crippen LogP contribution in [0, 0.1) is 22.7 Å². The second kappa shape index (κ2) is 4.73. The fraction of sp³-hybridized carbons (Fsp3) is 0.600. The summed E-state index contributed by atoms with van der Waals surface area (Å²) in [5.74, 6) is 0.530. The van der Waals surface area contributed by atoms with E-state index in [1.165, 1.54) is 38.5 Å². The van der Waals surface area contributed by atoms with Gasteiger partial charge in [-0.3, -0.25) is 4.79 Å². The molecule has 2 aliphatic rings. The summed E-state index contributed by atoms with van der Waals surface area (Å²) in [5, 5.41) is 11.7. The molecule has 2 N–H and O–H groups in total. The predicted octanol–water partition coefficient (Wildman–Crippen LogP) is 2.59. The van der Waals surface area contributed by atoms with Gasteiger partial charge in [-0.1, -0.05) is 6.42 Å². The maximum absolute atomic E-state index is 11.9. The Kier molecular flexibility index (Phi) is 3.06. The highest BCUT2D eigenvalue weighted by Gasteiger charge is 2.45. The summed E-state index contributed by atoms with van der Waals surface area (Å²) in [6.45, 7) is 0.765. The number of hydrogen-bond acceptors (Lipinski definition) is 2. The van der Waals surface area contributed by atoms with Crippen molar-refractivity contribution in [2.24, 2.45) is 11.3 Å². The van der Waals surface area contributed by atoms with Crippen molar-refractivity contribution in [3.63, 3.8) is 0 Å². The number of rotatable bonds is 3. The summed E-state index contributed by atoms with van der Waals surface area (Å²) < 4.78 is 0. The van der Waals surface area contributed by atoms with Crippen molar-refractivity contribution >= 4 is 5.91 Å². The molecule has 0 aliphatic heterocycles. The molecule has 3 rings (SSSR count). The Labute approximate surface area is 113 Å². The molecule has 100 valence electrons. The summed E-state index contributed by atoms with van der Waals surface area (Å²) in [4.78, 5) is 14.7. The van der Waals surface area contributed by atoms with E-state index >= 15 is 0 Å². The number of nitrogens with one attached hydrogen (secondary N) is 2. The van der Waals surface area contributed by atoms with Crippen molar-refractivity contribution in [1.82, 2.24) is 10.3 Å². The third kappa shape index (κ3) is 2.65. The van der Waals surface area contributed by atoms with E-state index in [-0.39, 0.29) is 5.91 Å². The smallest absolute Gasteiger partial charge is 0.267 e. The van der Waals surface area contributed by atoms with E-state index < -0.39 is 0 Å². The molecule has 2 saturated carbocycles. The number of amides is 1. The van der Waals surface area contributed by atoms with Gasteiger partial charge in [0, 0.05) is 6.54 Å². The number of hydrogen-bond donors (Lipinski definition) is 2. The largest absolute Gasteiger partial charge is 0.350 e. The van der Waals surface area contributed by atoms with Crippen LogP contribution in [0.2, 0.25) is 0 Å². The predicted molar refractivity (Wildman–Crippen MR) is 71.5 cm³/mol. The zero-order valence-corrected chi connectivity index (χ0v) is 11.0. The SMILES string of the molecule is N#Cc1ccc(C(=O)NCC2CCCC3(CC3)C2)[nH]1. The highest BCUT2D eigenvalue weighted by molar-refractivity contribution is 5.92. The lowest BCUT2D eigenvalue weighted by Gasteiger charge is -2.29. The molecule has 0 radical (unpaired) electrons. The standard InChI is InChI=1S/C15H19N3O/c16-9-12-3-4-13(18-12)14(19)17-10-11-2-1-5-15(8-11)6-7-15/h3-4,11,18H,1-2,5-8,10H2,(H,17,19). The van der Waals surface area contributed by atoms with E-state index in [0.717, 1.165) is 6.54 Å². The third-order valence-corrected chi connectivity index (χ3v) is 4.60. The van der Waals surface area contributed by atoms with Crippen molar-refractivity contribution in [2.45, 2.75) is 38.5 Å². The van der Waals surface area contributed by atoms with Crippen molar-refractivity contribution in [3.05, 3.63) is 23.5 Å². The maximum atomic E-state index is 11.9. The van der Waals surface area contributed by atoms with Crippen molar-refractivity contribution in [1.29, 1.82) is 5.26 Å². The van der Waals surface area contributed by atoms with Crippen molar-refractivity contribution in [3.8, 4) is 6.07 Å². The Hall–Kier alpha value is -1.76. The van der Waals surface area contributed by atoms with Crippen molar-refractivity contribution in [2.75, 3.05) is 6.54 Å². The molecule has 2 fully saturated rings. The number of aromatic amines is 1. The van der Waals surface area contributed by atoms with E-state index in [0.29, 0.717) is 22.7 Å². The Morgan fingerprint density at radius 3 is 3.00 bits per heavy atom. The molecule has 1 unspecified atom stereocenters. The number of aromatic nitrogens is 1. The first-order valence-electron chi connectivity index (χ1n) is 7.08. The van der Waals surface area contributed by atoms with Gasteiger partial charge >= 0.3 is 0 Å². The Morgan fingerprint density at radius 1 is 1.47 bits per heavy atom. The lowest BCUT2D eigenvalue weighted by Crippen LogP contribution is -2.32. The number of carbonyl (C=O) groups is 1. The molecule has 1 spiro atoms. The summed E-state index contributed by atoms with van der Waals surface area (Å²) >= 11 is 0. The minimum Gasteiger partial charge on any atom is -0.350 e. The van der Waals surface area contributed by atoms with E-state index in [1.807, 2.05) is 6.07 Å². The van der Waals surface area contributed by atoms with Gasteiger partial charge in [-0.25, -0.2) is 0 Å². The monoisotopic (exact) mass is 257 g/mol. The van der Waals surface area contributed by atoms with Gasteiger partial charge in [0.05, 0.1) is 0 Å². The topological polar surface area (TPSA) is 68.7 Å². The molecular formula is C15H19N3O. The van der Waals surface area contributed by atoms with E-state index in [4.69, 9.17) is 5.26 Å². The second-order valence-corrected chi connectivity index (χ2v) is 6.07. The third-order valence-electron chi connectivity index (χ3n) is 4.60. The van der Waals surface area contributed by atoms with Gasteiger partial charge in [-0.05, 0) is 55.6 Å². The fourth-order valence-corrected chi connectivity index (χ4v) is 3.31. The van der Waals surface area contributed by atoms with Gasteiger partial charge in [0.1, 0.15) is 17.5 Å². The molecule has 2 aliphatic carbocycles. The minimum absolute atomic E-state index is 0.100. The van der Waals surface area contributed by atoms with Crippen LogP contribution in [0.5, 0.6) is 0 Å². The highest BCUT2D eigenvalue weighted by Crippen LogP contribution is 2.57.